The minimum absolute atomic E-state index is 0.392. The fourth-order valence-corrected chi connectivity index (χ4v) is 3.77. The Morgan fingerprint density at radius 3 is 2.60 bits per heavy atom. The topological polar surface area (TPSA) is 52.6 Å². The van der Waals surface area contributed by atoms with Gasteiger partial charge in [-0.25, -0.2) is 4.79 Å². The number of amides is 1. The van der Waals surface area contributed by atoms with Crippen LogP contribution >= 0.6 is 0 Å². The lowest BCUT2D eigenvalue weighted by atomic mass is 9.88. The summed E-state index contributed by atoms with van der Waals surface area (Å²) in [6.07, 6.45) is 4.74. The Labute approximate surface area is 119 Å². The number of allylic oxidation sites excluding steroid dienone is 2. The van der Waals surface area contributed by atoms with Gasteiger partial charge in [0.2, 0.25) is 0 Å². The molecule has 2 unspecified atom stereocenters. The molecule has 4 nitrogen and oxygen atoms in total. The van der Waals surface area contributed by atoms with Crippen molar-refractivity contribution in [3.05, 3.63) is 40.5 Å². The summed E-state index contributed by atoms with van der Waals surface area (Å²) in [5.74, 6) is 0.954. The molecule has 0 spiro atoms. The highest BCUT2D eigenvalue weighted by molar-refractivity contribution is 5.71. The van der Waals surface area contributed by atoms with Crippen LogP contribution in [-0.2, 0) is 6.54 Å². The summed E-state index contributed by atoms with van der Waals surface area (Å²) in [7, 11) is 4.15. The highest BCUT2D eigenvalue weighted by Crippen LogP contribution is 2.53. The Hall–Kier alpha value is -1.97. The molecule has 2 aliphatic rings. The minimum atomic E-state index is -0.966. The van der Waals surface area contributed by atoms with Gasteiger partial charge in [0.25, 0.3) is 0 Å². The smallest absolute Gasteiger partial charge is 0.404 e. The van der Waals surface area contributed by atoms with Crippen LogP contribution in [0, 0.1) is 6.92 Å². The SMILES string of the molecule is Cc1cc(CNC(=O)O)c2c(c1N(C)C)C1C=CC2C1. The van der Waals surface area contributed by atoms with Gasteiger partial charge >= 0.3 is 6.09 Å². The molecule has 3 rings (SSSR count). The number of fused-ring (bicyclic) bond motifs is 5. The third kappa shape index (κ3) is 1.87. The van der Waals surface area contributed by atoms with Gasteiger partial charge < -0.3 is 15.3 Å². The first kappa shape index (κ1) is 13.0. The molecule has 20 heavy (non-hydrogen) atoms. The molecular formula is C16H20N2O2. The maximum Gasteiger partial charge on any atom is 0.404 e. The van der Waals surface area contributed by atoms with Crippen LogP contribution in [0.15, 0.2) is 18.2 Å². The van der Waals surface area contributed by atoms with Crippen molar-refractivity contribution >= 4 is 11.8 Å². The highest BCUT2D eigenvalue weighted by Gasteiger charge is 2.37. The molecule has 4 heteroatoms. The average molecular weight is 272 g/mol. The van der Waals surface area contributed by atoms with Crippen molar-refractivity contribution in [2.45, 2.75) is 31.7 Å². The van der Waals surface area contributed by atoms with Crippen LogP contribution < -0.4 is 10.2 Å². The van der Waals surface area contributed by atoms with Gasteiger partial charge in [-0.05, 0) is 35.6 Å². The van der Waals surface area contributed by atoms with E-state index in [1.54, 1.807) is 0 Å². The van der Waals surface area contributed by atoms with E-state index in [0.29, 0.717) is 18.4 Å². The third-order valence-electron chi connectivity index (χ3n) is 4.36. The summed E-state index contributed by atoms with van der Waals surface area (Å²) in [5.41, 5.74) is 6.40. The third-order valence-corrected chi connectivity index (χ3v) is 4.36. The summed E-state index contributed by atoms with van der Waals surface area (Å²) in [6.45, 7) is 2.50. The van der Waals surface area contributed by atoms with Crippen LogP contribution in [0.4, 0.5) is 10.5 Å². The fourth-order valence-electron chi connectivity index (χ4n) is 3.77. The number of benzene rings is 1. The Bertz CT molecular complexity index is 605. The second-order valence-corrected chi connectivity index (χ2v) is 5.92. The molecule has 2 aliphatic carbocycles. The van der Waals surface area contributed by atoms with Gasteiger partial charge in [-0.2, -0.15) is 0 Å². The zero-order chi connectivity index (χ0) is 14.4. The predicted octanol–water partition coefficient (Wildman–Crippen LogP) is 2.97. The lowest BCUT2D eigenvalue weighted by Gasteiger charge is -2.26. The van der Waals surface area contributed by atoms with Crippen molar-refractivity contribution in [1.82, 2.24) is 5.32 Å². The lowest BCUT2D eigenvalue weighted by molar-refractivity contribution is 0.194. The van der Waals surface area contributed by atoms with Crippen molar-refractivity contribution in [1.29, 1.82) is 0 Å². The Morgan fingerprint density at radius 2 is 2.00 bits per heavy atom. The van der Waals surface area contributed by atoms with Crippen LogP contribution in [-0.4, -0.2) is 25.3 Å². The summed E-state index contributed by atoms with van der Waals surface area (Å²) in [5, 5.41) is 11.3. The number of anilines is 1. The van der Waals surface area contributed by atoms with Gasteiger partial charge in [0, 0.05) is 38.2 Å². The number of nitrogens with zero attached hydrogens (tertiary/aromatic N) is 1. The zero-order valence-corrected chi connectivity index (χ0v) is 12.1. The highest BCUT2D eigenvalue weighted by atomic mass is 16.4. The molecule has 2 N–H and O–H groups in total. The second-order valence-electron chi connectivity index (χ2n) is 5.92. The monoisotopic (exact) mass is 272 g/mol. The minimum Gasteiger partial charge on any atom is -0.465 e. The van der Waals surface area contributed by atoms with E-state index in [1.807, 2.05) is 0 Å². The van der Waals surface area contributed by atoms with Crippen molar-refractivity contribution < 1.29 is 9.90 Å². The van der Waals surface area contributed by atoms with E-state index in [9.17, 15) is 4.79 Å². The molecule has 0 heterocycles. The van der Waals surface area contributed by atoms with Gasteiger partial charge in [0.05, 0.1) is 0 Å². The van der Waals surface area contributed by atoms with Crippen molar-refractivity contribution in [3.8, 4) is 0 Å². The molecule has 0 radical (unpaired) electrons. The molecule has 1 aromatic carbocycles. The molecule has 0 fully saturated rings. The van der Waals surface area contributed by atoms with E-state index >= 15 is 0 Å². The van der Waals surface area contributed by atoms with E-state index < -0.39 is 6.09 Å². The van der Waals surface area contributed by atoms with Gasteiger partial charge in [-0.1, -0.05) is 18.2 Å². The van der Waals surface area contributed by atoms with Gasteiger partial charge in [-0.15, -0.1) is 0 Å². The molecule has 0 saturated carbocycles. The maximum absolute atomic E-state index is 10.8. The summed E-state index contributed by atoms with van der Waals surface area (Å²) < 4.78 is 0. The number of hydrogen-bond acceptors (Lipinski definition) is 2. The molecule has 0 saturated heterocycles. The van der Waals surface area contributed by atoms with Crippen LogP contribution in [0.1, 0.15) is 40.5 Å². The van der Waals surface area contributed by atoms with Crippen LogP contribution in [0.3, 0.4) is 0 Å². The summed E-state index contributed by atoms with van der Waals surface area (Å²) in [4.78, 5) is 12.9. The molecule has 2 atom stereocenters. The molecule has 0 aromatic heterocycles. The van der Waals surface area contributed by atoms with Gasteiger partial charge in [0.15, 0.2) is 0 Å². The number of rotatable bonds is 3. The average Bonchev–Trinajstić information content (AvgIpc) is 2.96. The van der Waals surface area contributed by atoms with E-state index in [-0.39, 0.29) is 0 Å². The molecule has 2 bridgehead atoms. The lowest BCUT2D eigenvalue weighted by Crippen LogP contribution is -2.22. The van der Waals surface area contributed by atoms with Crippen molar-refractivity contribution in [3.63, 3.8) is 0 Å². The van der Waals surface area contributed by atoms with E-state index in [0.717, 1.165) is 12.0 Å². The maximum atomic E-state index is 10.8. The molecular weight excluding hydrogens is 252 g/mol. The zero-order valence-electron chi connectivity index (χ0n) is 12.1. The van der Waals surface area contributed by atoms with E-state index in [4.69, 9.17) is 5.11 Å². The van der Waals surface area contributed by atoms with Crippen molar-refractivity contribution in [2.24, 2.45) is 0 Å². The fraction of sp³-hybridized carbons (Fsp3) is 0.438. The Balaban J connectivity index is 2.11. The molecule has 0 aliphatic heterocycles. The number of hydrogen-bond donors (Lipinski definition) is 2. The van der Waals surface area contributed by atoms with Crippen LogP contribution in [0.2, 0.25) is 0 Å². The number of carboxylic acid groups (broad SMARTS) is 1. The summed E-state index contributed by atoms with van der Waals surface area (Å²) >= 11 is 0. The first-order valence-electron chi connectivity index (χ1n) is 6.97. The summed E-state index contributed by atoms with van der Waals surface area (Å²) in [6, 6.07) is 2.14. The first-order valence-corrected chi connectivity index (χ1v) is 6.97. The second kappa shape index (κ2) is 4.54. The number of aryl methyl sites for hydroxylation is 1. The first-order chi connectivity index (χ1) is 9.49. The largest absolute Gasteiger partial charge is 0.465 e. The van der Waals surface area contributed by atoms with E-state index in [1.165, 1.54) is 22.4 Å². The van der Waals surface area contributed by atoms with Gasteiger partial charge in [-0.3, -0.25) is 0 Å². The van der Waals surface area contributed by atoms with Crippen molar-refractivity contribution in [2.75, 3.05) is 19.0 Å². The van der Waals surface area contributed by atoms with E-state index in [2.05, 4.69) is 49.5 Å². The quantitative estimate of drug-likeness (QED) is 0.832. The normalized spacial score (nSPS) is 21.9. The standard InChI is InChI=1S/C16H20N2O2/c1-9-6-12(8-17-16(19)20)13-10-4-5-11(7-10)14(13)15(9)18(2)3/h4-6,10-11,17H,7-8H2,1-3H3,(H,19,20). The Kier molecular flexibility index (Phi) is 2.96. The predicted molar refractivity (Wildman–Crippen MR) is 79.6 cm³/mol. The molecule has 1 amide bonds. The molecule has 106 valence electrons. The number of nitrogens with one attached hydrogen (secondary N) is 1. The Morgan fingerprint density at radius 1 is 1.35 bits per heavy atom. The molecule has 1 aromatic rings. The van der Waals surface area contributed by atoms with Gasteiger partial charge in [0.1, 0.15) is 0 Å². The van der Waals surface area contributed by atoms with Crippen LogP contribution in [0.5, 0.6) is 0 Å². The van der Waals surface area contributed by atoms with Crippen LogP contribution in [0.25, 0.3) is 0 Å². The number of carbonyl (C=O) groups is 1.